The van der Waals surface area contributed by atoms with Crippen LogP contribution in [0.1, 0.15) is 37.6 Å². The Labute approximate surface area is 116 Å². The average Bonchev–Trinajstić information content (AvgIpc) is 2.37. The van der Waals surface area contributed by atoms with Crippen molar-refractivity contribution in [3.63, 3.8) is 0 Å². The Bertz CT molecular complexity index is 504. The summed E-state index contributed by atoms with van der Waals surface area (Å²) in [5.74, 6) is -2.31. The van der Waals surface area contributed by atoms with Gasteiger partial charge in [-0.2, -0.15) is 0 Å². The first kappa shape index (κ1) is 15.9. The van der Waals surface area contributed by atoms with Gasteiger partial charge < -0.3 is 15.2 Å². The van der Waals surface area contributed by atoms with Crippen LogP contribution < -0.4 is 10.1 Å². The van der Waals surface area contributed by atoms with Gasteiger partial charge in [-0.1, -0.05) is 6.92 Å². The number of carbonyl (C=O) groups is 2. The molecule has 0 aliphatic rings. The molecule has 0 spiro atoms. The normalized spacial score (nSPS) is 13.4. The van der Waals surface area contributed by atoms with Gasteiger partial charge in [-0.3, -0.25) is 4.79 Å². The lowest BCUT2D eigenvalue weighted by atomic mass is 10.2. The fourth-order valence-corrected chi connectivity index (χ4v) is 1.47. The number of benzene rings is 1. The molecular formula is C14H18FNO4. The Morgan fingerprint density at radius 1 is 1.35 bits per heavy atom. The highest BCUT2D eigenvalue weighted by Crippen LogP contribution is 2.18. The highest BCUT2D eigenvalue weighted by Gasteiger charge is 2.17. The third-order valence-corrected chi connectivity index (χ3v) is 2.80. The van der Waals surface area contributed by atoms with Gasteiger partial charge in [0.2, 0.25) is 0 Å². The number of carboxylic acid groups (broad SMARTS) is 1. The van der Waals surface area contributed by atoms with E-state index in [0.717, 1.165) is 18.6 Å². The Balaban J connectivity index is 2.77. The number of carboxylic acids is 1. The third kappa shape index (κ3) is 4.53. The van der Waals surface area contributed by atoms with Gasteiger partial charge in [0, 0.05) is 12.1 Å². The van der Waals surface area contributed by atoms with Crippen molar-refractivity contribution in [3.05, 3.63) is 29.6 Å². The summed E-state index contributed by atoms with van der Waals surface area (Å²) in [7, 11) is 0. The molecule has 6 heteroatoms. The van der Waals surface area contributed by atoms with Crippen LogP contribution in [0.2, 0.25) is 0 Å². The molecule has 1 aromatic rings. The predicted molar refractivity (Wildman–Crippen MR) is 71.3 cm³/mol. The second-order valence-electron chi connectivity index (χ2n) is 4.56. The Hall–Kier alpha value is -2.11. The van der Waals surface area contributed by atoms with Crippen molar-refractivity contribution in [1.29, 1.82) is 0 Å². The zero-order chi connectivity index (χ0) is 15.3. The van der Waals surface area contributed by atoms with Crippen LogP contribution in [0.25, 0.3) is 0 Å². The van der Waals surface area contributed by atoms with Gasteiger partial charge in [-0.25, -0.2) is 9.18 Å². The zero-order valence-corrected chi connectivity index (χ0v) is 11.6. The van der Waals surface area contributed by atoms with E-state index in [4.69, 9.17) is 9.84 Å². The fraction of sp³-hybridized carbons (Fsp3) is 0.429. The first-order valence-electron chi connectivity index (χ1n) is 6.34. The smallest absolute Gasteiger partial charge is 0.335 e. The summed E-state index contributed by atoms with van der Waals surface area (Å²) >= 11 is 0. The van der Waals surface area contributed by atoms with Gasteiger partial charge >= 0.3 is 5.97 Å². The van der Waals surface area contributed by atoms with Crippen molar-refractivity contribution in [2.24, 2.45) is 0 Å². The van der Waals surface area contributed by atoms with Crippen LogP contribution in [0.5, 0.6) is 5.75 Å². The molecule has 0 aliphatic heterocycles. The highest BCUT2D eigenvalue weighted by atomic mass is 19.1. The number of ether oxygens (including phenoxy) is 1. The van der Waals surface area contributed by atoms with Crippen LogP contribution in [-0.2, 0) is 4.79 Å². The minimum absolute atomic E-state index is 0.00852. The van der Waals surface area contributed by atoms with Crippen LogP contribution in [0.4, 0.5) is 4.39 Å². The van der Waals surface area contributed by atoms with Gasteiger partial charge in [-0.15, -0.1) is 0 Å². The molecule has 5 nitrogen and oxygen atoms in total. The van der Waals surface area contributed by atoms with Crippen molar-refractivity contribution < 1.29 is 23.8 Å². The molecule has 0 saturated carbocycles. The summed E-state index contributed by atoms with van der Waals surface area (Å²) in [6, 6.07) is 3.12. The zero-order valence-electron chi connectivity index (χ0n) is 11.6. The summed E-state index contributed by atoms with van der Waals surface area (Å²) in [6.45, 7) is 5.31. The molecule has 0 heterocycles. The molecule has 0 saturated heterocycles. The lowest BCUT2D eigenvalue weighted by molar-refractivity contribution is -0.127. The van der Waals surface area contributed by atoms with Gasteiger partial charge in [0.25, 0.3) is 5.91 Å². The fourth-order valence-electron chi connectivity index (χ4n) is 1.47. The molecule has 1 aromatic carbocycles. The van der Waals surface area contributed by atoms with Crippen molar-refractivity contribution in [1.82, 2.24) is 5.32 Å². The maximum atomic E-state index is 13.3. The average molecular weight is 283 g/mol. The monoisotopic (exact) mass is 283 g/mol. The number of aromatic carboxylic acids is 1. The minimum Gasteiger partial charge on any atom is -0.481 e. The molecule has 0 fully saturated rings. The second-order valence-corrected chi connectivity index (χ2v) is 4.56. The number of hydrogen-bond acceptors (Lipinski definition) is 3. The predicted octanol–water partition coefficient (Wildman–Crippen LogP) is 2.21. The number of rotatable bonds is 6. The van der Waals surface area contributed by atoms with Crippen molar-refractivity contribution >= 4 is 11.9 Å². The van der Waals surface area contributed by atoms with E-state index in [0.29, 0.717) is 0 Å². The van der Waals surface area contributed by atoms with E-state index < -0.39 is 17.9 Å². The van der Waals surface area contributed by atoms with Crippen LogP contribution >= 0.6 is 0 Å². The minimum atomic E-state index is -1.26. The lowest BCUT2D eigenvalue weighted by Crippen LogP contribution is -2.41. The Kier molecular flexibility index (Phi) is 5.49. The second kappa shape index (κ2) is 6.88. The molecular weight excluding hydrogens is 265 g/mol. The summed E-state index contributed by atoms with van der Waals surface area (Å²) in [4.78, 5) is 22.6. The Morgan fingerprint density at radius 3 is 2.55 bits per heavy atom. The molecule has 0 aliphatic carbocycles. The number of hydrogen-bond donors (Lipinski definition) is 2. The molecule has 2 atom stereocenters. The molecule has 110 valence electrons. The van der Waals surface area contributed by atoms with Crippen molar-refractivity contribution in [3.8, 4) is 5.75 Å². The third-order valence-electron chi connectivity index (χ3n) is 2.80. The van der Waals surface area contributed by atoms with Crippen molar-refractivity contribution in [2.75, 3.05) is 0 Å². The van der Waals surface area contributed by atoms with E-state index in [1.165, 1.54) is 13.0 Å². The van der Waals surface area contributed by atoms with Gasteiger partial charge in [0.05, 0.1) is 5.56 Å². The van der Waals surface area contributed by atoms with Gasteiger partial charge in [0.1, 0.15) is 11.6 Å². The van der Waals surface area contributed by atoms with E-state index in [-0.39, 0.29) is 23.3 Å². The summed E-state index contributed by atoms with van der Waals surface area (Å²) < 4.78 is 18.5. The van der Waals surface area contributed by atoms with Crippen LogP contribution in [0.15, 0.2) is 18.2 Å². The van der Waals surface area contributed by atoms with Crippen LogP contribution in [0.3, 0.4) is 0 Å². The van der Waals surface area contributed by atoms with E-state index >= 15 is 0 Å². The molecule has 0 aromatic heterocycles. The molecule has 0 bridgehead atoms. The standard InChI is InChI=1S/C14H18FNO4/c1-4-8(2)16-13(17)9(3)20-12-6-10(14(18)19)5-11(15)7-12/h5-9H,4H2,1-3H3,(H,16,17)(H,18,19). The van der Waals surface area contributed by atoms with E-state index in [1.54, 1.807) is 0 Å². The quantitative estimate of drug-likeness (QED) is 0.839. The Morgan fingerprint density at radius 2 is 2.00 bits per heavy atom. The largest absolute Gasteiger partial charge is 0.481 e. The number of carbonyl (C=O) groups excluding carboxylic acids is 1. The summed E-state index contributed by atoms with van der Waals surface area (Å²) in [5, 5.41) is 11.6. The van der Waals surface area contributed by atoms with E-state index in [2.05, 4.69) is 5.32 Å². The SMILES string of the molecule is CCC(C)NC(=O)C(C)Oc1cc(F)cc(C(=O)O)c1. The first-order valence-corrected chi connectivity index (χ1v) is 6.34. The first-order chi connectivity index (χ1) is 9.33. The maximum absolute atomic E-state index is 13.3. The number of halogens is 1. The van der Waals surface area contributed by atoms with Crippen LogP contribution in [0, 0.1) is 5.82 Å². The maximum Gasteiger partial charge on any atom is 0.335 e. The topological polar surface area (TPSA) is 75.6 Å². The molecule has 20 heavy (non-hydrogen) atoms. The molecule has 0 radical (unpaired) electrons. The van der Waals surface area contributed by atoms with Gasteiger partial charge in [-0.05, 0) is 32.4 Å². The number of nitrogens with one attached hydrogen (secondary N) is 1. The molecule has 1 rings (SSSR count). The summed E-state index contributed by atoms with van der Waals surface area (Å²) in [6.07, 6.45) is -0.0610. The van der Waals surface area contributed by atoms with E-state index in [1.807, 2.05) is 13.8 Å². The number of amides is 1. The molecule has 2 N–H and O–H groups in total. The highest BCUT2D eigenvalue weighted by molar-refractivity contribution is 5.88. The molecule has 1 amide bonds. The lowest BCUT2D eigenvalue weighted by Gasteiger charge is -2.18. The van der Waals surface area contributed by atoms with E-state index in [9.17, 15) is 14.0 Å². The van der Waals surface area contributed by atoms with Gasteiger partial charge in [0.15, 0.2) is 6.10 Å². The van der Waals surface area contributed by atoms with Crippen LogP contribution in [-0.4, -0.2) is 29.1 Å². The molecule has 2 unspecified atom stereocenters. The van der Waals surface area contributed by atoms with Crippen molar-refractivity contribution in [2.45, 2.75) is 39.3 Å². The summed E-state index contributed by atoms with van der Waals surface area (Å²) in [5.41, 5.74) is -0.227.